The van der Waals surface area contributed by atoms with Crippen LogP contribution in [0.1, 0.15) is 52.7 Å². The highest BCUT2D eigenvalue weighted by atomic mass is 15.0. The summed E-state index contributed by atoms with van der Waals surface area (Å²) in [4.78, 5) is 0. The van der Waals surface area contributed by atoms with Crippen LogP contribution in [0.25, 0.3) is 149 Å². The van der Waals surface area contributed by atoms with Crippen LogP contribution in [0.15, 0.2) is 273 Å². The lowest BCUT2D eigenvalue weighted by atomic mass is 9.86. The molecule has 16 rings (SSSR count). The van der Waals surface area contributed by atoms with E-state index in [1.165, 1.54) is 154 Å². The fourth-order valence-corrected chi connectivity index (χ4v) is 13.9. The molecule has 0 radical (unpaired) electrons. The first-order valence-corrected chi connectivity index (χ1v) is 29.9. The van der Waals surface area contributed by atoms with E-state index in [-0.39, 0.29) is 10.8 Å². The van der Waals surface area contributed by atoms with E-state index in [1.54, 1.807) is 0 Å². The van der Waals surface area contributed by atoms with Crippen molar-refractivity contribution in [2.24, 2.45) is 0 Å². The maximum Gasteiger partial charge on any atom is 0.0541 e. The molecular formula is C82H63N3. The van der Waals surface area contributed by atoms with Gasteiger partial charge in [0, 0.05) is 49.4 Å². The highest BCUT2D eigenvalue weighted by Gasteiger charge is 2.23. The molecule has 13 aromatic carbocycles. The summed E-state index contributed by atoms with van der Waals surface area (Å²) in [7, 11) is 0. The fraction of sp³-hybridized carbons (Fsp3) is 0.0976. The molecule has 0 amide bonds. The summed E-state index contributed by atoms with van der Waals surface area (Å²) in [6.45, 7) is 13.7. The van der Waals surface area contributed by atoms with Crippen molar-refractivity contribution >= 4 is 87.0 Å². The molecule has 0 N–H and O–H groups in total. The second-order valence-corrected chi connectivity index (χ2v) is 25.3. The minimum atomic E-state index is 0.0311. The Morgan fingerprint density at radius 2 is 0.494 bits per heavy atom. The number of hydrogen-bond acceptors (Lipinski definition) is 0. The molecule has 3 nitrogen and oxygen atoms in total. The van der Waals surface area contributed by atoms with Gasteiger partial charge in [-0.15, -0.1) is 0 Å². The largest absolute Gasteiger partial charge is 0.309 e. The molecule has 0 fully saturated rings. The van der Waals surface area contributed by atoms with E-state index in [2.05, 4.69) is 328 Å². The van der Waals surface area contributed by atoms with Gasteiger partial charge in [0.1, 0.15) is 0 Å². The number of hydrogen-bond donors (Lipinski definition) is 0. The number of rotatable bonds is 7. The molecule has 406 valence electrons. The Morgan fingerprint density at radius 1 is 0.200 bits per heavy atom. The SMILES string of the molecule is CC(C)(C)c1cccc(-n2c3ccccc3c3cc(-c4ccc5c(c4)c4cc(-c6ccc7c(c6)c6ccccc6n7-c6cccc(C(C)(C)C)c6)ccc4n5-c4ccc(-c5c6ccccc6c(-c6ccccc6)c6ccccc56)cc4)ccc32)c1. The summed E-state index contributed by atoms with van der Waals surface area (Å²) in [5.74, 6) is 0. The van der Waals surface area contributed by atoms with Gasteiger partial charge in [0.05, 0.1) is 33.1 Å². The number of nitrogens with zero attached hydrogens (tertiary/aromatic N) is 3. The van der Waals surface area contributed by atoms with E-state index in [1.807, 2.05) is 0 Å². The van der Waals surface area contributed by atoms with Crippen LogP contribution in [0.2, 0.25) is 0 Å². The second-order valence-electron chi connectivity index (χ2n) is 25.3. The van der Waals surface area contributed by atoms with Crippen molar-refractivity contribution in [2.45, 2.75) is 52.4 Å². The van der Waals surface area contributed by atoms with Crippen molar-refractivity contribution in [3.05, 3.63) is 284 Å². The van der Waals surface area contributed by atoms with Crippen molar-refractivity contribution in [1.82, 2.24) is 13.7 Å². The predicted molar refractivity (Wildman–Crippen MR) is 364 cm³/mol. The smallest absolute Gasteiger partial charge is 0.0541 e. The molecule has 3 heterocycles. The molecular weight excluding hydrogens is 1030 g/mol. The van der Waals surface area contributed by atoms with Crippen LogP contribution in [-0.4, -0.2) is 13.7 Å². The first-order chi connectivity index (χ1) is 41.4. The molecule has 0 aliphatic heterocycles. The molecule has 0 aliphatic rings. The highest BCUT2D eigenvalue weighted by Crippen LogP contribution is 2.46. The van der Waals surface area contributed by atoms with Gasteiger partial charge in [0.2, 0.25) is 0 Å². The molecule has 3 heteroatoms. The van der Waals surface area contributed by atoms with Gasteiger partial charge in [0.15, 0.2) is 0 Å². The van der Waals surface area contributed by atoms with Gasteiger partial charge in [-0.3, -0.25) is 0 Å². The summed E-state index contributed by atoms with van der Waals surface area (Å²) in [5, 5.41) is 12.4. The molecule has 0 saturated heterocycles. The average molecular weight is 1090 g/mol. The normalized spacial score (nSPS) is 12.4. The van der Waals surface area contributed by atoms with Gasteiger partial charge in [-0.25, -0.2) is 0 Å². The topological polar surface area (TPSA) is 14.8 Å². The maximum atomic E-state index is 2.47. The second kappa shape index (κ2) is 19.2. The standard InChI is InChI=1S/C82H63N3/c1-81(2,3)58-22-18-24-61(50-58)84-73-32-16-14-26-63(73)69-46-54(36-42-75(69)84)56-38-44-77-71(48-56)72-49-57(55-37-43-76-70(47-55)64-27-15-17-33-74(64)85(76)62-25-19-23-59(51-62)82(4,5)6)39-45-78(72)83(77)60-40-34-53(35-41-60)80-67-30-12-10-28-65(67)79(52-20-8-7-9-21-52)66-29-11-13-31-68(66)80/h7-51H,1-6H3. The van der Waals surface area contributed by atoms with E-state index in [0.717, 1.165) is 5.69 Å². The van der Waals surface area contributed by atoms with Crippen LogP contribution in [0.4, 0.5) is 0 Å². The number of para-hydroxylation sites is 2. The van der Waals surface area contributed by atoms with Gasteiger partial charge < -0.3 is 13.7 Å². The molecule has 0 bridgehead atoms. The zero-order chi connectivity index (χ0) is 57.3. The number of aromatic nitrogens is 3. The van der Waals surface area contributed by atoms with Crippen LogP contribution in [0, 0.1) is 0 Å². The molecule has 0 atom stereocenters. The highest BCUT2D eigenvalue weighted by molar-refractivity contribution is 6.22. The Hall–Kier alpha value is -10.2. The van der Waals surface area contributed by atoms with Crippen molar-refractivity contribution in [3.63, 3.8) is 0 Å². The van der Waals surface area contributed by atoms with Crippen molar-refractivity contribution in [3.8, 4) is 61.6 Å². The number of fused-ring (bicyclic) bond motifs is 11. The van der Waals surface area contributed by atoms with Gasteiger partial charge in [0.25, 0.3) is 0 Å². The van der Waals surface area contributed by atoms with Gasteiger partial charge >= 0.3 is 0 Å². The van der Waals surface area contributed by atoms with Gasteiger partial charge in [-0.1, -0.05) is 217 Å². The van der Waals surface area contributed by atoms with Crippen LogP contribution in [0.5, 0.6) is 0 Å². The Morgan fingerprint density at radius 3 is 0.871 bits per heavy atom. The summed E-state index contributed by atoms with van der Waals surface area (Å²) in [6.07, 6.45) is 0. The Bertz CT molecular complexity index is 5070. The Labute approximate surface area is 495 Å². The third-order valence-electron chi connectivity index (χ3n) is 18.1. The lowest BCUT2D eigenvalue weighted by Gasteiger charge is -2.20. The average Bonchev–Trinajstić information content (AvgIpc) is 2.09. The molecule has 0 unspecified atom stereocenters. The third-order valence-corrected chi connectivity index (χ3v) is 18.1. The number of benzene rings is 13. The molecule has 0 spiro atoms. The van der Waals surface area contributed by atoms with Crippen LogP contribution in [-0.2, 0) is 10.8 Å². The van der Waals surface area contributed by atoms with E-state index in [4.69, 9.17) is 0 Å². The maximum absolute atomic E-state index is 2.47. The molecule has 0 aliphatic carbocycles. The van der Waals surface area contributed by atoms with Crippen LogP contribution >= 0.6 is 0 Å². The zero-order valence-electron chi connectivity index (χ0n) is 48.8. The van der Waals surface area contributed by atoms with E-state index < -0.39 is 0 Å². The van der Waals surface area contributed by atoms with Crippen molar-refractivity contribution in [2.75, 3.05) is 0 Å². The van der Waals surface area contributed by atoms with Gasteiger partial charge in [-0.05, 0) is 185 Å². The van der Waals surface area contributed by atoms with Crippen molar-refractivity contribution in [1.29, 1.82) is 0 Å². The summed E-state index contributed by atoms with van der Waals surface area (Å²) in [5.41, 5.74) is 23.0. The van der Waals surface area contributed by atoms with E-state index in [0.29, 0.717) is 0 Å². The Kier molecular flexibility index (Phi) is 11.4. The summed E-state index contributed by atoms with van der Waals surface area (Å²) < 4.78 is 7.36. The fourth-order valence-electron chi connectivity index (χ4n) is 13.9. The molecule has 16 aromatic rings. The van der Waals surface area contributed by atoms with E-state index in [9.17, 15) is 0 Å². The van der Waals surface area contributed by atoms with Crippen LogP contribution < -0.4 is 0 Å². The third kappa shape index (κ3) is 8.16. The monoisotopic (exact) mass is 1090 g/mol. The molecule has 0 saturated carbocycles. The molecule has 85 heavy (non-hydrogen) atoms. The van der Waals surface area contributed by atoms with E-state index >= 15 is 0 Å². The summed E-state index contributed by atoms with van der Waals surface area (Å²) in [6, 6.07) is 102. The predicted octanol–water partition coefficient (Wildman–Crippen LogP) is 22.5. The first kappa shape index (κ1) is 50.5. The minimum Gasteiger partial charge on any atom is -0.309 e. The zero-order valence-corrected chi connectivity index (χ0v) is 48.8. The van der Waals surface area contributed by atoms with Crippen LogP contribution in [0.3, 0.4) is 0 Å². The van der Waals surface area contributed by atoms with Crippen molar-refractivity contribution < 1.29 is 0 Å². The quantitative estimate of drug-likeness (QED) is 0.141. The Balaban J connectivity index is 0.873. The minimum absolute atomic E-state index is 0.0311. The first-order valence-electron chi connectivity index (χ1n) is 29.9. The lowest BCUT2D eigenvalue weighted by Crippen LogP contribution is -2.11. The molecule has 3 aromatic heterocycles. The summed E-state index contributed by atoms with van der Waals surface area (Å²) >= 11 is 0. The lowest BCUT2D eigenvalue weighted by molar-refractivity contribution is 0.589. The van der Waals surface area contributed by atoms with Gasteiger partial charge in [-0.2, -0.15) is 0 Å².